The average molecular weight is 476 g/mol. The quantitative estimate of drug-likeness (QED) is 0.320. The largest absolute Gasteiger partial charge is 0.478 e. The van der Waals surface area contributed by atoms with Gasteiger partial charge >= 0.3 is 6.03 Å². The van der Waals surface area contributed by atoms with E-state index in [9.17, 15) is 9.90 Å². The SMILES string of the molecule is CCOc1cc(NC(=O)NCN(CCO)c2cc(C(C)C)c3c(C)nn(C)c3n2)cc(Cl)n1. The monoisotopic (exact) mass is 475 g/mol. The highest BCUT2D eigenvalue weighted by Crippen LogP contribution is 2.30. The van der Waals surface area contributed by atoms with Crippen LogP contribution in [-0.4, -0.2) is 57.3 Å². The molecular formula is C22H30ClN7O3. The highest BCUT2D eigenvalue weighted by atomic mass is 35.5. The third-order valence-electron chi connectivity index (χ3n) is 5.05. The fourth-order valence-corrected chi connectivity index (χ4v) is 3.79. The minimum absolute atomic E-state index is 0.0951. The standard InChI is InChI=1S/C22H30ClN7O3/c1-6-33-19-10-15(9-17(23)26-19)25-22(32)24-12-30(7-8-31)18-11-16(13(2)3)20-14(4)28-29(5)21(20)27-18/h9-11,13,31H,6-8,12H2,1-5H3,(H2,24,25,26,32). The Balaban J connectivity index is 1.79. The fourth-order valence-electron chi connectivity index (χ4n) is 3.59. The van der Waals surface area contributed by atoms with Gasteiger partial charge in [0, 0.05) is 25.0 Å². The Morgan fingerprint density at radius 2 is 2.06 bits per heavy atom. The number of hydrogen-bond acceptors (Lipinski definition) is 7. The van der Waals surface area contributed by atoms with Gasteiger partial charge in [0.1, 0.15) is 11.0 Å². The van der Waals surface area contributed by atoms with Gasteiger partial charge in [-0.05, 0) is 37.5 Å². The van der Waals surface area contributed by atoms with E-state index in [1.54, 1.807) is 15.6 Å². The Labute approximate surface area is 197 Å². The second-order valence-corrected chi connectivity index (χ2v) is 8.25. The van der Waals surface area contributed by atoms with Crippen molar-refractivity contribution in [1.29, 1.82) is 0 Å². The number of amides is 2. The van der Waals surface area contributed by atoms with Crippen molar-refractivity contribution in [2.24, 2.45) is 7.05 Å². The molecule has 3 aromatic rings. The molecule has 0 saturated carbocycles. The number of hydrogen-bond donors (Lipinski definition) is 3. The maximum atomic E-state index is 12.5. The normalized spacial score (nSPS) is 11.2. The topological polar surface area (TPSA) is 117 Å². The summed E-state index contributed by atoms with van der Waals surface area (Å²) in [6.07, 6.45) is 0. The molecule has 0 bridgehead atoms. The van der Waals surface area contributed by atoms with Crippen LogP contribution in [0.25, 0.3) is 11.0 Å². The number of nitrogens with one attached hydrogen (secondary N) is 2. The molecule has 0 aliphatic carbocycles. The molecule has 2 amide bonds. The number of carbonyl (C=O) groups excluding carboxylic acids is 1. The molecular weight excluding hydrogens is 446 g/mol. The van der Waals surface area contributed by atoms with Crippen molar-refractivity contribution < 1.29 is 14.6 Å². The molecule has 0 spiro atoms. The van der Waals surface area contributed by atoms with E-state index in [1.807, 2.05) is 27.0 Å². The molecule has 11 heteroatoms. The summed E-state index contributed by atoms with van der Waals surface area (Å²) < 4.78 is 7.11. The van der Waals surface area contributed by atoms with E-state index in [2.05, 4.69) is 34.6 Å². The smallest absolute Gasteiger partial charge is 0.320 e. The summed E-state index contributed by atoms with van der Waals surface area (Å²) >= 11 is 6.01. The molecule has 0 aliphatic heterocycles. The molecule has 178 valence electrons. The molecule has 0 radical (unpaired) electrons. The zero-order valence-electron chi connectivity index (χ0n) is 19.5. The molecule has 0 unspecified atom stereocenters. The van der Waals surface area contributed by atoms with Crippen molar-refractivity contribution in [3.8, 4) is 5.88 Å². The zero-order valence-corrected chi connectivity index (χ0v) is 20.3. The van der Waals surface area contributed by atoms with Crippen molar-refractivity contribution in [3.05, 3.63) is 34.6 Å². The summed E-state index contributed by atoms with van der Waals surface area (Å²) in [6, 6.07) is 4.68. The number of pyridine rings is 2. The van der Waals surface area contributed by atoms with Crippen LogP contribution >= 0.6 is 11.6 Å². The van der Waals surface area contributed by atoms with Gasteiger partial charge in [0.05, 0.1) is 31.3 Å². The van der Waals surface area contributed by atoms with E-state index in [-0.39, 0.29) is 24.3 Å². The summed E-state index contributed by atoms with van der Waals surface area (Å²) in [5.74, 6) is 1.22. The van der Waals surface area contributed by atoms with Crippen LogP contribution in [0.4, 0.5) is 16.3 Å². The molecule has 10 nitrogen and oxygen atoms in total. The van der Waals surface area contributed by atoms with Gasteiger partial charge < -0.3 is 25.4 Å². The van der Waals surface area contributed by atoms with E-state index in [1.165, 1.54) is 6.07 Å². The molecule has 3 N–H and O–H groups in total. The van der Waals surface area contributed by atoms with Gasteiger partial charge in [-0.25, -0.2) is 14.8 Å². The fraction of sp³-hybridized carbons (Fsp3) is 0.455. The second kappa shape index (κ2) is 10.7. The molecule has 0 fully saturated rings. The molecule has 0 saturated heterocycles. The number of halogens is 1. The number of fused-ring (bicyclic) bond motifs is 1. The third-order valence-corrected chi connectivity index (χ3v) is 5.25. The Bertz CT molecular complexity index is 1130. The van der Waals surface area contributed by atoms with Crippen LogP contribution < -0.4 is 20.3 Å². The van der Waals surface area contributed by atoms with Crippen LogP contribution in [-0.2, 0) is 7.05 Å². The van der Waals surface area contributed by atoms with Crippen LogP contribution in [0.15, 0.2) is 18.2 Å². The summed E-state index contributed by atoms with van der Waals surface area (Å²) in [6.45, 7) is 8.80. The van der Waals surface area contributed by atoms with Crippen molar-refractivity contribution in [3.63, 3.8) is 0 Å². The number of aromatic nitrogens is 4. The Kier molecular flexibility index (Phi) is 7.93. The molecule has 33 heavy (non-hydrogen) atoms. The van der Waals surface area contributed by atoms with Gasteiger partial charge in [-0.2, -0.15) is 5.10 Å². The van der Waals surface area contributed by atoms with Crippen LogP contribution in [0.2, 0.25) is 5.15 Å². The van der Waals surface area contributed by atoms with Gasteiger partial charge in [0.2, 0.25) is 5.88 Å². The van der Waals surface area contributed by atoms with Crippen molar-refractivity contribution in [2.75, 3.05) is 36.6 Å². The Morgan fingerprint density at radius 1 is 1.30 bits per heavy atom. The lowest BCUT2D eigenvalue weighted by atomic mass is 9.99. The van der Waals surface area contributed by atoms with E-state index in [0.717, 1.165) is 22.3 Å². The Hall–Kier alpha value is -3.11. The molecule has 0 aromatic carbocycles. The number of nitrogens with zero attached hydrogens (tertiary/aromatic N) is 5. The first-order valence-electron chi connectivity index (χ1n) is 10.8. The molecule has 0 atom stereocenters. The lowest BCUT2D eigenvalue weighted by Crippen LogP contribution is -2.41. The summed E-state index contributed by atoms with van der Waals surface area (Å²) in [7, 11) is 1.86. The van der Waals surface area contributed by atoms with Crippen LogP contribution in [0, 0.1) is 6.92 Å². The summed E-state index contributed by atoms with van der Waals surface area (Å²) in [5.41, 5.74) is 3.25. The van der Waals surface area contributed by atoms with Crippen LogP contribution in [0.1, 0.15) is 37.9 Å². The van der Waals surface area contributed by atoms with Gasteiger partial charge in [-0.1, -0.05) is 25.4 Å². The number of aliphatic hydroxyl groups is 1. The van der Waals surface area contributed by atoms with Gasteiger partial charge in [0.15, 0.2) is 5.65 Å². The summed E-state index contributed by atoms with van der Waals surface area (Å²) in [4.78, 5) is 23.1. The molecule has 3 heterocycles. The van der Waals surface area contributed by atoms with Gasteiger partial charge in [-0.3, -0.25) is 4.68 Å². The Morgan fingerprint density at radius 3 is 2.73 bits per heavy atom. The first kappa shape index (κ1) is 24.5. The predicted octanol–water partition coefficient (Wildman–Crippen LogP) is 3.43. The van der Waals surface area contributed by atoms with Gasteiger partial charge in [-0.15, -0.1) is 0 Å². The maximum Gasteiger partial charge on any atom is 0.320 e. The van der Waals surface area contributed by atoms with Gasteiger partial charge in [0.25, 0.3) is 0 Å². The van der Waals surface area contributed by atoms with E-state index in [4.69, 9.17) is 21.3 Å². The highest BCUT2D eigenvalue weighted by Gasteiger charge is 2.19. The summed E-state index contributed by atoms with van der Waals surface area (Å²) in [5, 5.41) is 20.9. The second-order valence-electron chi connectivity index (χ2n) is 7.86. The number of aliphatic hydroxyl groups excluding tert-OH is 1. The third kappa shape index (κ3) is 5.82. The van der Waals surface area contributed by atoms with E-state index < -0.39 is 6.03 Å². The molecule has 3 aromatic heterocycles. The number of urea groups is 1. The number of rotatable bonds is 9. The molecule has 3 rings (SSSR count). The van der Waals surface area contributed by atoms with Crippen molar-refractivity contribution in [1.82, 2.24) is 25.1 Å². The minimum atomic E-state index is -0.441. The van der Waals surface area contributed by atoms with Crippen molar-refractivity contribution >= 4 is 40.2 Å². The van der Waals surface area contributed by atoms with E-state index in [0.29, 0.717) is 30.5 Å². The first-order chi connectivity index (χ1) is 15.7. The predicted molar refractivity (Wildman–Crippen MR) is 129 cm³/mol. The minimum Gasteiger partial charge on any atom is -0.478 e. The number of ether oxygens (including phenoxy) is 1. The first-order valence-corrected chi connectivity index (χ1v) is 11.2. The van der Waals surface area contributed by atoms with Crippen molar-refractivity contribution in [2.45, 2.75) is 33.6 Å². The number of anilines is 2. The van der Waals surface area contributed by atoms with E-state index >= 15 is 0 Å². The highest BCUT2D eigenvalue weighted by molar-refractivity contribution is 6.29. The lowest BCUT2D eigenvalue weighted by Gasteiger charge is -2.24. The average Bonchev–Trinajstić information content (AvgIpc) is 3.03. The zero-order chi connectivity index (χ0) is 24.1. The number of carbonyl (C=O) groups is 1. The van der Waals surface area contributed by atoms with Crippen LogP contribution in [0.5, 0.6) is 5.88 Å². The maximum absolute atomic E-state index is 12.5. The molecule has 0 aliphatic rings. The lowest BCUT2D eigenvalue weighted by molar-refractivity contribution is 0.251. The number of aryl methyl sites for hydroxylation is 2. The van der Waals surface area contributed by atoms with Crippen LogP contribution in [0.3, 0.4) is 0 Å².